The number of halogens is 2. The second-order valence-corrected chi connectivity index (χ2v) is 3.86. The fourth-order valence-corrected chi connectivity index (χ4v) is 1.40. The molecule has 0 aliphatic carbocycles. The zero-order valence-electron chi connectivity index (χ0n) is 8.37. The molecule has 0 saturated carbocycles. The minimum atomic E-state index is -1.06. The van der Waals surface area contributed by atoms with E-state index in [0.717, 1.165) is 0 Å². The minimum absolute atomic E-state index is 0.308. The number of rotatable bonds is 5. The SMILES string of the molecule is O=C(O)NCCCOc1cc(F)ccc1Br. The molecule has 1 aromatic carbocycles. The van der Waals surface area contributed by atoms with E-state index in [4.69, 9.17) is 9.84 Å². The highest BCUT2D eigenvalue weighted by Crippen LogP contribution is 2.25. The van der Waals surface area contributed by atoms with Crippen LogP contribution in [0.4, 0.5) is 9.18 Å². The predicted molar refractivity (Wildman–Crippen MR) is 60.2 cm³/mol. The van der Waals surface area contributed by atoms with Crippen molar-refractivity contribution in [1.29, 1.82) is 0 Å². The lowest BCUT2D eigenvalue weighted by molar-refractivity contribution is 0.193. The lowest BCUT2D eigenvalue weighted by atomic mass is 10.3. The summed E-state index contributed by atoms with van der Waals surface area (Å²) in [6.45, 7) is 0.630. The average molecular weight is 292 g/mol. The molecule has 0 bridgehead atoms. The first-order valence-electron chi connectivity index (χ1n) is 4.64. The van der Waals surface area contributed by atoms with Gasteiger partial charge in [0.1, 0.15) is 11.6 Å². The van der Waals surface area contributed by atoms with Gasteiger partial charge in [0, 0.05) is 12.6 Å². The highest BCUT2D eigenvalue weighted by atomic mass is 79.9. The van der Waals surface area contributed by atoms with Crippen LogP contribution in [-0.2, 0) is 0 Å². The van der Waals surface area contributed by atoms with E-state index >= 15 is 0 Å². The van der Waals surface area contributed by atoms with Gasteiger partial charge in [-0.25, -0.2) is 9.18 Å². The predicted octanol–water partition coefficient (Wildman–Crippen LogP) is 2.62. The molecule has 1 rings (SSSR count). The third-order valence-electron chi connectivity index (χ3n) is 1.75. The first kappa shape index (κ1) is 12.8. The van der Waals surface area contributed by atoms with E-state index in [2.05, 4.69) is 21.2 Å². The summed E-state index contributed by atoms with van der Waals surface area (Å²) in [4.78, 5) is 10.1. The molecule has 2 N–H and O–H groups in total. The Morgan fingerprint density at radius 2 is 2.31 bits per heavy atom. The molecule has 0 unspecified atom stereocenters. The molecule has 4 nitrogen and oxygen atoms in total. The molecule has 0 spiro atoms. The van der Waals surface area contributed by atoms with Crippen LogP contribution >= 0.6 is 15.9 Å². The Morgan fingerprint density at radius 1 is 1.56 bits per heavy atom. The van der Waals surface area contributed by atoms with Crippen LogP contribution in [0, 0.1) is 5.82 Å². The Balaban J connectivity index is 2.31. The summed E-state index contributed by atoms with van der Waals surface area (Å²) >= 11 is 3.22. The van der Waals surface area contributed by atoms with E-state index in [-0.39, 0.29) is 5.82 Å². The van der Waals surface area contributed by atoms with Gasteiger partial charge >= 0.3 is 6.09 Å². The second kappa shape index (κ2) is 6.32. The third-order valence-corrected chi connectivity index (χ3v) is 2.40. The number of carboxylic acid groups (broad SMARTS) is 1. The Morgan fingerprint density at radius 3 is 3.00 bits per heavy atom. The van der Waals surface area contributed by atoms with Crippen LogP contribution in [0.2, 0.25) is 0 Å². The normalized spacial score (nSPS) is 9.88. The highest BCUT2D eigenvalue weighted by Gasteiger charge is 2.02. The summed E-state index contributed by atoms with van der Waals surface area (Å²) in [7, 11) is 0. The van der Waals surface area contributed by atoms with Crippen molar-refractivity contribution in [3.05, 3.63) is 28.5 Å². The van der Waals surface area contributed by atoms with Crippen molar-refractivity contribution in [2.24, 2.45) is 0 Å². The summed E-state index contributed by atoms with van der Waals surface area (Å²) in [5.74, 6) is 0.0391. The standard InChI is InChI=1S/C10H11BrFNO3/c11-8-3-2-7(12)6-9(8)16-5-1-4-13-10(14)15/h2-3,6,13H,1,4-5H2,(H,14,15). The van der Waals surface area contributed by atoms with Crippen LogP contribution in [0.5, 0.6) is 5.75 Å². The maximum atomic E-state index is 12.8. The van der Waals surface area contributed by atoms with Crippen molar-refractivity contribution in [3.63, 3.8) is 0 Å². The molecule has 0 aliphatic heterocycles. The van der Waals surface area contributed by atoms with Gasteiger partial charge in [0.2, 0.25) is 0 Å². The van der Waals surface area contributed by atoms with Crippen molar-refractivity contribution in [2.45, 2.75) is 6.42 Å². The molecule has 88 valence electrons. The molecule has 0 aliphatic rings. The largest absolute Gasteiger partial charge is 0.492 e. The highest BCUT2D eigenvalue weighted by molar-refractivity contribution is 9.10. The first-order chi connectivity index (χ1) is 7.59. The van der Waals surface area contributed by atoms with Crippen LogP contribution < -0.4 is 10.1 Å². The number of hydrogen-bond acceptors (Lipinski definition) is 2. The quantitative estimate of drug-likeness (QED) is 0.820. The zero-order valence-corrected chi connectivity index (χ0v) is 9.96. The smallest absolute Gasteiger partial charge is 0.404 e. The van der Waals surface area contributed by atoms with Crippen LogP contribution in [0.1, 0.15) is 6.42 Å². The number of nitrogens with one attached hydrogen (secondary N) is 1. The second-order valence-electron chi connectivity index (χ2n) is 3.01. The molecule has 0 atom stereocenters. The van der Waals surface area contributed by atoms with Gasteiger partial charge in [-0.2, -0.15) is 0 Å². The van der Waals surface area contributed by atoms with E-state index in [0.29, 0.717) is 29.8 Å². The van der Waals surface area contributed by atoms with E-state index in [9.17, 15) is 9.18 Å². The maximum absolute atomic E-state index is 12.8. The van der Waals surface area contributed by atoms with Gasteiger partial charge in [-0.15, -0.1) is 0 Å². The molecular formula is C10H11BrFNO3. The zero-order chi connectivity index (χ0) is 12.0. The van der Waals surface area contributed by atoms with Crippen molar-refractivity contribution in [1.82, 2.24) is 5.32 Å². The average Bonchev–Trinajstić information content (AvgIpc) is 2.22. The Kier molecular flexibility index (Phi) is 5.04. The lowest BCUT2D eigenvalue weighted by Crippen LogP contribution is -2.23. The molecule has 0 saturated heterocycles. The molecule has 0 radical (unpaired) electrons. The van der Waals surface area contributed by atoms with Gasteiger partial charge in [-0.1, -0.05) is 0 Å². The molecule has 0 fully saturated rings. The Hall–Kier alpha value is -1.30. The van der Waals surface area contributed by atoms with E-state index in [1.54, 1.807) is 6.07 Å². The number of hydrogen-bond donors (Lipinski definition) is 2. The number of carbonyl (C=O) groups is 1. The molecule has 1 amide bonds. The fraction of sp³-hybridized carbons (Fsp3) is 0.300. The summed E-state index contributed by atoms with van der Waals surface area (Å²) in [5.41, 5.74) is 0. The molecule has 6 heteroatoms. The van der Waals surface area contributed by atoms with E-state index in [1.165, 1.54) is 12.1 Å². The van der Waals surface area contributed by atoms with Gasteiger partial charge in [0.05, 0.1) is 11.1 Å². The molecule has 1 aromatic rings. The van der Waals surface area contributed by atoms with Crippen molar-refractivity contribution >= 4 is 22.0 Å². The van der Waals surface area contributed by atoms with Gasteiger partial charge in [0.25, 0.3) is 0 Å². The third kappa shape index (κ3) is 4.48. The summed E-state index contributed by atoms with van der Waals surface area (Å²) in [6.07, 6.45) is -0.540. The summed E-state index contributed by atoms with van der Waals surface area (Å²) in [6, 6.07) is 4.15. The topological polar surface area (TPSA) is 58.6 Å². The van der Waals surface area contributed by atoms with Crippen LogP contribution in [-0.4, -0.2) is 24.4 Å². The monoisotopic (exact) mass is 291 g/mol. The van der Waals surface area contributed by atoms with Crippen LogP contribution in [0.3, 0.4) is 0 Å². The number of amides is 1. The van der Waals surface area contributed by atoms with Gasteiger partial charge in [-0.3, -0.25) is 0 Å². The van der Waals surface area contributed by atoms with E-state index in [1.807, 2.05) is 0 Å². The molecule has 0 aromatic heterocycles. The minimum Gasteiger partial charge on any atom is -0.492 e. The number of benzene rings is 1. The lowest BCUT2D eigenvalue weighted by Gasteiger charge is -2.07. The fourth-order valence-electron chi connectivity index (χ4n) is 1.04. The van der Waals surface area contributed by atoms with Gasteiger partial charge in [-0.05, 0) is 34.5 Å². The molecular weight excluding hydrogens is 281 g/mol. The van der Waals surface area contributed by atoms with Crippen LogP contribution in [0.15, 0.2) is 22.7 Å². The maximum Gasteiger partial charge on any atom is 0.404 e. The van der Waals surface area contributed by atoms with Crippen molar-refractivity contribution < 1.29 is 19.0 Å². The summed E-state index contributed by atoms with van der Waals surface area (Å²) < 4.78 is 18.8. The van der Waals surface area contributed by atoms with Crippen molar-refractivity contribution in [3.8, 4) is 5.75 Å². The molecule has 16 heavy (non-hydrogen) atoms. The Labute approximate surface area is 101 Å². The van der Waals surface area contributed by atoms with E-state index < -0.39 is 6.09 Å². The van der Waals surface area contributed by atoms with Crippen molar-refractivity contribution in [2.75, 3.05) is 13.2 Å². The molecule has 0 heterocycles. The van der Waals surface area contributed by atoms with Crippen LogP contribution in [0.25, 0.3) is 0 Å². The van der Waals surface area contributed by atoms with Gasteiger partial charge in [0.15, 0.2) is 0 Å². The number of ether oxygens (including phenoxy) is 1. The first-order valence-corrected chi connectivity index (χ1v) is 5.43. The Bertz CT molecular complexity index is 373. The summed E-state index contributed by atoms with van der Waals surface area (Å²) in [5, 5.41) is 10.5. The van der Waals surface area contributed by atoms with Gasteiger partial charge < -0.3 is 15.2 Å².